The van der Waals surface area contributed by atoms with E-state index in [1.54, 1.807) is 4.90 Å². The summed E-state index contributed by atoms with van der Waals surface area (Å²) in [6, 6.07) is 7.58. The molecule has 2 N–H and O–H groups in total. The Bertz CT molecular complexity index is 501. The number of carbonyl (C=O) groups excluding carboxylic acids is 1. The number of amides is 1. The van der Waals surface area contributed by atoms with E-state index in [1.807, 2.05) is 38.2 Å². The van der Waals surface area contributed by atoms with Crippen molar-refractivity contribution in [2.75, 3.05) is 26.8 Å². The number of benzene rings is 1. The third-order valence-corrected chi connectivity index (χ3v) is 4.76. The van der Waals surface area contributed by atoms with E-state index >= 15 is 0 Å². The Kier molecular flexibility index (Phi) is 5.25. The zero-order chi connectivity index (χ0) is 15.5. The fraction of sp³-hybridized carbons (Fsp3) is 0.562. The van der Waals surface area contributed by atoms with Gasteiger partial charge in [-0.05, 0) is 37.5 Å². The second kappa shape index (κ2) is 6.77. The van der Waals surface area contributed by atoms with Crippen molar-refractivity contribution in [2.24, 2.45) is 11.1 Å². The van der Waals surface area contributed by atoms with E-state index < -0.39 is 5.41 Å². The highest BCUT2D eigenvalue weighted by atomic mass is 35.5. The standard InChI is InChI=1S/C16H23ClN2O2/c1-12(13-4-3-5-14(17)10-13)19(2)15(20)16(11-18)6-8-21-9-7-16/h3-5,10,12H,6-9,11,18H2,1-2H3. The van der Waals surface area contributed by atoms with Crippen LogP contribution in [0.25, 0.3) is 0 Å². The van der Waals surface area contributed by atoms with E-state index in [9.17, 15) is 4.79 Å². The van der Waals surface area contributed by atoms with Crippen LogP contribution in [0.15, 0.2) is 24.3 Å². The Morgan fingerprint density at radius 3 is 2.71 bits per heavy atom. The van der Waals surface area contributed by atoms with Gasteiger partial charge < -0.3 is 15.4 Å². The minimum Gasteiger partial charge on any atom is -0.381 e. The minimum atomic E-state index is -0.486. The molecule has 0 saturated carbocycles. The third-order valence-electron chi connectivity index (χ3n) is 4.53. The molecule has 1 heterocycles. The third kappa shape index (κ3) is 3.39. The maximum atomic E-state index is 12.9. The van der Waals surface area contributed by atoms with E-state index in [0.29, 0.717) is 37.6 Å². The highest BCUT2D eigenvalue weighted by molar-refractivity contribution is 6.30. The molecule has 1 amide bonds. The van der Waals surface area contributed by atoms with Crippen molar-refractivity contribution in [3.63, 3.8) is 0 Å². The zero-order valence-corrected chi connectivity index (χ0v) is 13.4. The SMILES string of the molecule is CC(c1cccc(Cl)c1)N(C)C(=O)C1(CN)CCOCC1. The first-order valence-corrected chi connectivity index (χ1v) is 7.68. The molecule has 1 aliphatic rings. The number of hydrogen-bond donors (Lipinski definition) is 1. The van der Waals surface area contributed by atoms with Crippen LogP contribution < -0.4 is 5.73 Å². The van der Waals surface area contributed by atoms with Gasteiger partial charge in [-0.3, -0.25) is 4.79 Å². The summed E-state index contributed by atoms with van der Waals surface area (Å²) in [4.78, 5) is 14.7. The van der Waals surface area contributed by atoms with E-state index in [-0.39, 0.29) is 11.9 Å². The van der Waals surface area contributed by atoms with Gasteiger partial charge in [0.15, 0.2) is 0 Å². The van der Waals surface area contributed by atoms with Crippen LogP contribution in [0.1, 0.15) is 31.4 Å². The molecule has 0 aromatic heterocycles. The Morgan fingerprint density at radius 1 is 1.48 bits per heavy atom. The van der Waals surface area contributed by atoms with Gasteiger partial charge in [0, 0.05) is 31.8 Å². The number of hydrogen-bond acceptors (Lipinski definition) is 3. The summed E-state index contributed by atoms with van der Waals surface area (Å²) in [6.07, 6.45) is 1.38. The maximum absolute atomic E-state index is 12.9. The molecule has 116 valence electrons. The van der Waals surface area contributed by atoms with Gasteiger partial charge in [-0.2, -0.15) is 0 Å². The number of nitrogens with zero attached hydrogens (tertiary/aromatic N) is 1. The summed E-state index contributed by atoms with van der Waals surface area (Å²) >= 11 is 6.04. The average molecular weight is 311 g/mol. The van der Waals surface area contributed by atoms with Crippen molar-refractivity contribution in [3.8, 4) is 0 Å². The smallest absolute Gasteiger partial charge is 0.230 e. The highest BCUT2D eigenvalue weighted by Gasteiger charge is 2.41. The number of nitrogens with two attached hydrogens (primary N) is 1. The van der Waals surface area contributed by atoms with E-state index in [4.69, 9.17) is 22.1 Å². The molecule has 1 saturated heterocycles. The predicted molar refractivity (Wildman–Crippen MR) is 84.2 cm³/mol. The van der Waals surface area contributed by atoms with Gasteiger partial charge in [0.05, 0.1) is 11.5 Å². The van der Waals surface area contributed by atoms with Crippen molar-refractivity contribution < 1.29 is 9.53 Å². The number of ether oxygens (including phenoxy) is 1. The molecule has 1 aliphatic heterocycles. The van der Waals surface area contributed by atoms with Gasteiger partial charge in [-0.25, -0.2) is 0 Å². The van der Waals surface area contributed by atoms with E-state index in [1.165, 1.54) is 0 Å². The first kappa shape index (κ1) is 16.3. The summed E-state index contributed by atoms with van der Waals surface area (Å²) < 4.78 is 5.37. The fourth-order valence-electron chi connectivity index (χ4n) is 2.81. The molecule has 5 heteroatoms. The molecular formula is C16H23ClN2O2. The molecule has 1 aromatic rings. The maximum Gasteiger partial charge on any atom is 0.230 e. The molecule has 1 unspecified atom stereocenters. The van der Waals surface area contributed by atoms with E-state index in [0.717, 1.165) is 5.56 Å². The molecular weight excluding hydrogens is 288 g/mol. The van der Waals surface area contributed by atoms with Crippen molar-refractivity contribution in [1.29, 1.82) is 0 Å². The minimum absolute atomic E-state index is 0.0394. The van der Waals surface area contributed by atoms with Gasteiger partial charge in [0.25, 0.3) is 0 Å². The summed E-state index contributed by atoms with van der Waals surface area (Å²) in [5.74, 6) is 0.0979. The van der Waals surface area contributed by atoms with Crippen LogP contribution in [0.2, 0.25) is 5.02 Å². The lowest BCUT2D eigenvalue weighted by molar-refractivity contribution is -0.147. The number of rotatable bonds is 4. The molecule has 0 aliphatic carbocycles. The molecule has 2 rings (SSSR count). The summed E-state index contributed by atoms with van der Waals surface area (Å²) in [5, 5.41) is 0.680. The first-order chi connectivity index (χ1) is 10.00. The second-order valence-corrected chi connectivity index (χ2v) is 6.18. The van der Waals surface area contributed by atoms with Gasteiger partial charge in [0.2, 0.25) is 5.91 Å². The molecule has 4 nitrogen and oxygen atoms in total. The Hall–Kier alpha value is -1.10. The lowest BCUT2D eigenvalue weighted by atomic mass is 9.78. The quantitative estimate of drug-likeness (QED) is 0.930. The van der Waals surface area contributed by atoms with Crippen LogP contribution in [0.5, 0.6) is 0 Å². The van der Waals surface area contributed by atoms with Crippen molar-refractivity contribution in [3.05, 3.63) is 34.9 Å². The fourth-order valence-corrected chi connectivity index (χ4v) is 3.01. The largest absolute Gasteiger partial charge is 0.381 e. The summed E-state index contributed by atoms with van der Waals surface area (Å²) in [7, 11) is 1.83. The number of halogens is 1. The zero-order valence-electron chi connectivity index (χ0n) is 12.6. The molecule has 0 bridgehead atoms. The monoisotopic (exact) mass is 310 g/mol. The molecule has 0 radical (unpaired) electrons. The van der Waals surface area contributed by atoms with Crippen molar-refractivity contribution in [1.82, 2.24) is 4.90 Å². The average Bonchev–Trinajstić information content (AvgIpc) is 2.53. The van der Waals surface area contributed by atoms with Crippen LogP contribution in [0.3, 0.4) is 0 Å². The van der Waals surface area contributed by atoms with Crippen LogP contribution in [0.4, 0.5) is 0 Å². The van der Waals surface area contributed by atoms with Crippen LogP contribution >= 0.6 is 11.6 Å². The lowest BCUT2D eigenvalue weighted by Crippen LogP contribution is -2.50. The highest BCUT2D eigenvalue weighted by Crippen LogP contribution is 2.34. The van der Waals surface area contributed by atoms with Gasteiger partial charge >= 0.3 is 0 Å². The Labute approximate surface area is 131 Å². The summed E-state index contributed by atoms with van der Waals surface area (Å²) in [6.45, 7) is 3.57. The number of carbonyl (C=O) groups is 1. The van der Waals surface area contributed by atoms with Crippen LogP contribution in [0, 0.1) is 5.41 Å². The molecule has 21 heavy (non-hydrogen) atoms. The van der Waals surface area contributed by atoms with E-state index in [2.05, 4.69) is 0 Å². The van der Waals surface area contributed by atoms with Gasteiger partial charge in [-0.15, -0.1) is 0 Å². The van der Waals surface area contributed by atoms with Crippen molar-refractivity contribution in [2.45, 2.75) is 25.8 Å². The second-order valence-electron chi connectivity index (χ2n) is 5.74. The Balaban J connectivity index is 2.17. The molecule has 1 fully saturated rings. The summed E-state index contributed by atoms with van der Waals surface area (Å²) in [5.41, 5.74) is 6.45. The van der Waals surface area contributed by atoms with Crippen molar-refractivity contribution >= 4 is 17.5 Å². The molecule has 1 aromatic carbocycles. The first-order valence-electron chi connectivity index (χ1n) is 7.31. The predicted octanol–water partition coefficient (Wildman–Crippen LogP) is 2.61. The molecule has 0 spiro atoms. The van der Waals surface area contributed by atoms with Crippen LogP contribution in [-0.4, -0.2) is 37.6 Å². The van der Waals surface area contributed by atoms with Crippen LogP contribution in [-0.2, 0) is 9.53 Å². The van der Waals surface area contributed by atoms with Gasteiger partial charge in [0.1, 0.15) is 0 Å². The Morgan fingerprint density at radius 2 is 2.14 bits per heavy atom. The normalized spacial score (nSPS) is 19.0. The lowest BCUT2D eigenvalue weighted by Gasteiger charge is -2.39. The topological polar surface area (TPSA) is 55.6 Å². The van der Waals surface area contributed by atoms with Gasteiger partial charge in [-0.1, -0.05) is 23.7 Å². The molecule has 1 atom stereocenters.